The highest BCUT2D eigenvalue weighted by molar-refractivity contribution is 6.30. The number of halogens is 1. The Morgan fingerprint density at radius 1 is 1.13 bits per heavy atom. The number of ether oxygens (including phenoxy) is 1. The lowest BCUT2D eigenvalue weighted by molar-refractivity contribution is -0.114. The molecule has 2 N–H and O–H groups in total. The number of carbonyl (C=O) groups excluding carboxylic acids is 1. The van der Waals surface area contributed by atoms with Gasteiger partial charge in [-0.3, -0.25) is 4.79 Å². The van der Waals surface area contributed by atoms with Gasteiger partial charge in [-0.25, -0.2) is 0 Å². The van der Waals surface area contributed by atoms with E-state index in [0.29, 0.717) is 17.5 Å². The van der Waals surface area contributed by atoms with Crippen molar-refractivity contribution in [3.05, 3.63) is 53.6 Å². The van der Waals surface area contributed by atoms with E-state index in [1.54, 1.807) is 24.3 Å². The quantitative estimate of drug-likeness (QED) is 0.788. The number of benzene rings is 2. The number of anilines is 2. The Balaban J connectivity index is 1.84. The summed E-state index contributed by atoms with van der Waals surface area (Å²) < 4.78 is 5.67. The molecule has 122 valence electrons. The number of hydrogen-bond donors (Lipinski definition) is 2. The molecule has 5 heteroatoms. The summed E-state index contributed by atoms with van der Waals surface area (Å²) in [6, 6.07) is 14.6. The molecule has 23 heavy (non-hydrogen) atoms. The molecule has 0 saturated heterocycles. The third-order valence-electron chi connectivity index (χ3n) is 3.00. The van der Waals surface area contributed by atoms with E-state index >= 15 is 0 Å². The lowest BCUT2D eigenvalue weighted by Crippen LogP contribution is -2.21. The molecule has 2 aromatic rings. The molecule has 0 bridgehead atoms. The molecule has 0 saturated carbocycles. The first kappa shape index (κ1) is 17.2. The van der Waals surface area contributed by atoms with E-state index in [1.807, 2.05) is 24.3 Å². The van der Waals surface area contributed by atoms with Crippen LogP contribution in [-0.2, 0) is 4.79 Å². The van der Waals surface area contributed by atoms with E-state index in [9.17, 15) is 4.79 Å². The summed E-state index contributed by atoms with van der Waals surface area (Å²) in [5, 5.41) is 6.53. The lowest BCUT2D eigenvalue weighted by atomic mass is 10.2. The summed E-state index contributed by atoms with van der Waals surface area (Å²) in [6.07, 6.45) is 0. The first-order chi connectivity index (χ1) is 11.0. The smallest absolute Gasteiger partial charge is 0.243 e. The zero-order valence-electron chi connectivity index (χ0n) is 13.3. The van der Waals surface area contributed by atoms with Gasteiger partial charge in [-0.2, -0.15) is 0 Å². The predicted molar refractivity (Wildman–Crippen MR) is 95.3 cm³/mol. The average Bonchev–Trinajstić information content (AvgIpc) is 2.54. The maximum atomic E-state index is 11.9. The number of rotatable bonds is 7. The van der Waals surface area contributed by atoms with Crippen molar-refractivity contribution in [3.63, 3.8) is 0 Å². The summed E-state index contributed by atoms with van der Waals surface area (Å²) in [4.78, 5) is 11.9. The van der Waals surface area contributed by atoms with Crippen molar-refractivity contribution in [2.45, 2.75) is 13.8 Å². The maximum Gasteiger partial charge on any atom is 0.243 e. The van der Waals surface area contributed by atoms with Crippen molar-refractivity contribution < 1.29 is 9.53 Å². The van der Waals surface area contributed by atoms with Crippen molar-refractivity contribution in [1.82, 2.24) is 0 Å². The molecule has 0 aromatic heterocycles. The number of nitrogens with one attached hydrogen (secondary N) is 2. The highest BCUT2D eigenvalue weighted by Crippen LogP contribution is 2.18. The second kappa shape index (κ2) is 8.44. The molecule has 2 rings (SSSR count). The second-order valence-corrected chi connectivity index (χ2v) is 6.08. The van der Waals surface area contributed by atoms with Gasteiger partial charge in [-0.05, 0) is 42.3 Å². The minimum atomic E-state index is -0.124. The highest BCUT2D eigenvalue weighted by Gasteiger charge is 2.04. The van der Waals surface area contributed by atoms with Crippen molar-refractivity contribution >= 4 is 28.9 Å². The Bertz CT molecular complexity index is 642. The van der Waals surface area contributed by atoms with E-state index in [-0.39, 0.29) is 12.5 Å². The number of hydrogen-bond acceptors (Lipinski definition) is 3. The summed E-state index contributed by atoms with van der Waals surface area (Å²) in [5.74, 6) is 1.14. The van der Waals surface area contributed by atoms with Crippen LogP contribution in [0, 0.1) is 5.92 Å². The van der Waals surface area contributed by atoms with Gasteiger partial charge in [0.15, 0.2) is 0 Å². The molecule has 0 radical (unpaired) electrons. The monoisotopic (exact) mass is 332 g/mol. The molecular weight excluding hydrogens is 312 g/mol. The summed E-state index contributed by atoms with van der Waals surface area (Å²) in [5.41, 5.74) is 1.56. The molecule has 0 spiro atoms. The van der Waals surface area contributed by atoms with Gasteiger partial charge < -0.3 is 15.4 Å². The standard InChI is InChI=1S/C18H21ClN2O2/c1-13(2)12-23-17-5-3-4-16(10-17)20-11-18(22)21-15-8-6-14(19)7-9-15/h3-10,13,20H,11-12H2,1-2H3,(H,21,22). The zero-order valence-corrected chi connectivity index (χ0v) is 14.1. The SMILES string of the molecule is CC(C)COc1cccc(NCC(=O)Nc2ccc(Cl)cc2)c1. The molecular formula is C18H21ClN2O2. The van der Waals surface area contributed by atoms with E-state index in [1.165, 1.54) is 0 Å². The number of amides is 1. The van der Waals surface area contributed by atoms with Gasteiger partial charge in [-0.1, -0.05) is 31.5 Å². The third kappa shape index (κ3) is 6.20. The van der Waals surface area contributed by atoms with E-state index in [0.717, 1.165) is 17.1 Å². The van der Waals surface area contributed by atoms with Crippen LogP contribution in [0.25, 0.3) is 0 Å². The van der Waals surface area contributed by atoms with Crippen LogP contribution in [-0.4, -0.2) is 19.1 Å². The molecule has 4 nitrogen and oxygen atoms in total. The van der Waals surface area contributed by atoms with Crippen LogP contribution in [0.15, 0.2) is 48.5 Å². The van der Waals surface area contributed by atoms with Crippen LogP contribution in [0.1, 0.15) is 13.8 Å². The van der Waals surface area contributed by atoms with Crippen molar-refractivity contribution in [1.29, 1.82) is 0 Å². The van der Waals surface area contributed by atoms with Crippen molar-refractivity contribution in [2.75, 3.05) is 23.8 Å². The highest BCUT2D eigenvalue weighted by atomic mass is 35.5. The van der Waals surface area contributed by atoms with Crippen LogP contribution in [0.5, 0.6) is 5.75 Å². The Labute approximate surface area is 141 Å². The topological polar surface area (TPSA) is 50.4 Å². The van der Waals surface area contributed by atoms with Gasteiger partial charge in [-0.15, -0.1) is 0 Å². The van der Waals surface area contributed by atoms with Crippen molar-refractivity contribution in [2.24, 2.45) is 5.92 Å². The maximum absolute atomic E-state index is 11.9. The minimum Gasteiger partial charge on any atom is -0.493 e. The summed E-state index contributed by atoms with van der Waals surface area (Å²) >= 11 is 5.81. The Morgan fingerprint density at radius 3 is 2.57 bits per heavy atom. The van der Waals surface area contributed by atoms with Crippen LogP contribution >= 0.6 is 11.6 Å². The van der Waals surface area contributed by atoms with Gasteiger partial charge in [0.05, 0.1) is 13.2 Å². The Morgan fingerprint density at radius 2 is 1.87 bits per heavy atom. The van der Waals surface area contributed by atoms with E-state index in [4.69, 9.17) is 16.3 Å². The molecule has 1 amide bonds. The van der Waals surface area contributed by atoms with Crippen LogP contribution in [0.4, 0.5) is 11.4 Å². The van der Waals surface area contributed by atoms with E-state index < -0.39 is 0 Å². The fourth-order valence-electron chi connectivity index (χ4n) is 1.88. The van der Waals surface area contributed by atoms with Gasteiger partial charge >= 0.3 is 0 Å². The normalized spacial score (nSPS) is 10.4. The second-order valence-electron chi connectivity index (χ2n) is 5.64. The van der Waals surface area contributed by atoms with Crippen molar-refractivity contribution in [3.8, 4) is 5.75 Å². The molecule has 2 aromatic carbocycles. The van der Waals surface area contributed by atoms with Gasteiger partial charge in [0, 0.05) is 22.5 Å². The summed E-state index contributed by atoms with van der Waals surface area (Å²) in [7, 11) is 0. The van der Waals surface area contributed by atoms with Gasteiger partial charge in [0.25, 0.3) is 0 Å². The molecule has 0 atom stereocenters. The van der Waals surface area contributed by atoms with E-state index in [2.05, 4.69) is 24.5 Å². The minimum absolute atomic E-state index is 0.124. The first-order valence-electron chi connectivity index (χ1n) is 7.55. The Hall–Kier alpha value is -2.20. The van der Waals surface area contributed by atoms with Crippen LogP contribution in [0.3, 0.4) is 0 Å². The fraction of sp³-hybridized carbons (Fsp3) is 0.278. The molecule has 0 aliphatic rings. The van der Waals surface area contributed by atoms with Crippen LogP contribution in [0.2, 0.25) is 5.02 Å². The lowest BCUT2D eigenvalue weighted by Gasteiger charge is -2.11. The summed E-state index contributed by atoms with van der Waals surface area (Å²) in [6.45, 7) is 5.04. The molecule has 0 fully saturated rings. The molecule has 0 aliphatic carbocycles. The molecule has 0 aliphatic heterocycles. The molecule has 0 heterocycles. The van der Waals surface area contributed by atoms with Gasteiger partial charge in [0.1, 0.15) is 5.75 Å². The third-order valence-corrected chi connectivity index (χ3v) is 3.25. The Kier molecular flexibility index (Phi) is 6.29. The largest absolute Gasteiger partial charge is 0.493 e. The molecule has 0 unspecified atom stereocenters. The number of carbonyl (C=O) groups is 1. The predicted octanol–water partition coefficient (Wildman–Crippen LogP) is 4.43. The first-order valence-corrected chi connectivity index (χ1v) is 7.93. The average molecular weight is 333 g/mol. The fourth-order valence-corrected chi connectivity index (χ4v) is 2.01. The van der Waals surface area contributed by atoms with Gasteiger partial charge in [0.2, 0.25) is 5.91 Å². The zero-order chi connectivity index (χ0) is 16.7. The van der Waals surface area contributed by atoms with Crippen LogP contribution < -0.4 is 15.4 Å².